The van der Waals surface area contributed by atoms with Crippen LogP contribution in [0.15, 0.2) is 42.6 Å². The van der Waals surface area contributed by atoms with Gasteiger partial charge in [0.1, 0.15) is 5.82 Å². The second-order valence-corrected chi connectivity index (χ2v) is 7.62. The monoisotopic (exact) mass is 366 g/mol. The van der Waals surface area contributed by atoms with Gasteiger partial charge < -0.3 is 4.90 Å². The van der Waals surface area contributed by atoms with Gasteiger partial charge >= 0.3 is 0 Å². The highest BCUT2D eigenvalue weighted by molar-refractivity contribution is 5.77. The molecule has 1 aromatic heterocycles. The zero-order valence-electron chi connectivity index (χ0n) is 16.6. The summed E-state index contributed by atoms with van der Waals surface area (Å²) in [5, 5.41) is 0. The molecule has 144 valence electrons. The molecule has 0 radical (unpaired) electrons. The molecule has 2 aromatic rings. The molecule has 1 atom stereocenters. The average molecular weight is 367 g/mol. The Morgan fingerprint density at radius 2 is 1.93 bits per heavy atom. The zero-order chi connectivity index (χ0) is 19.2. The summed E-state index contributed by atoms with van der Waals surface area (Å²) in [5.74, 6) is 1.45. The molecule has 0 unspecified atom stereocenters. The average Bonchev–Trinajstić information content (AvgIpc) is 2.82. The summed E-state index contributed by atoms with van der Waals surface area (Å²) < 4.78 is 0. The van der Waals surface area contributed by atoms with Crippen molar-refractivity contribution < 1.29 is 4.79 Å². The summed E-state index contributed by atoms with van der Waals surface area (Å²) in [6.45, 7) is 9.51. The van der Waals surface area contributed by atoms with Gasteiger partial charge in [0.25, 0.3) is 0 Å². The van der Waals surface area contributed by atoms with Gasteiger partial charge in [0.05, 0.1) is 5.69 Å². The molecule has 27 heavy (non-hydrogen) atoms. The minimum atomic E-state index is 0.228. The Hall–Kier alpha value is -2.27. The number of benzene rings is 1. The third kappa shape index (κ3) is 5.13. The molecule has 1 aliphatic rings. The van der Waals surface area contributed by atoms with Gasteiger partial charge in [0, 0.05) is 50.8 Å². The van der Waals surface area contributed by atoms with Gasteiger partial charge in [-0.15, -0.1) is 0 Å². The summed E-state index contributed by atoms with van der Waals surface area (Å²) in [7, 11) is 0. The van der Waals surface area contributed by atoms with E-state index in [-0.39, 0.29) is 11.9 Å². The quantitative estimate of drug-likeness (QED) is 0.784. The first kappa shape index (κ1) is 19.5. The highest BCUT2D eigenvalue weighted by Crippen LogP contribution is 2.19. The summed E-state index contributed by atoms with van der Waals surface area (Å²) in [6, 6.07) is 12.5. The van der Waals surface area contributed by atoms with Crippen molar-refractivity contribution in [3.8, 4) is 0 Å². The van der Waals surface area contributed by atoms with E-state index in [4.69, 9.17) is 4.98 Å². The molecule has 1 saturated heterocycles. The molecule has 2 heterocycles. The van der Waals surface area contributed by atoms with Gasteiger partial charge in [-0.25, -0.2) is 9.97 Å². The molecule has 1 aromatic carbocycles. The van der Waals surface area contributed by atoms with Crippen molar-refractivity contribution >= 4 is 5.91 Å². The molecular formula is C22H30N4O. The lowest BCUT2D eigenvalue weighted by Crippen LogP contribution is -2.42. The van der Waals surface area contributed by atoms with E-state index in [0.29, 0.717) is 18.9 Å². The standard InChI is InChI=1S/C22H30N4O/c1-4-20-16-25(15-19-10-12-23-22(24-19)17(2)3)13-11-21(27)26(20)14-18-8-6-5-7-9-18/h5-10,12,17,20H,4,11,13-16H2,1-3H3/t20-/m0/s1. The van der Waals surface area contributed by atoms with Gasteiger partial charge in [0.2, 0.25) is 5.91 Å². The third-order valence-electron chi connectivity index (χ3n) is 5.17. The van der Waals surface area contributed by atoms with Crippen molar-refractivity contribution in [2.75, 3.05) is 13.1 Å². The molecule has 0 saturated carbocycles. The molecule has 0 spiro atoms. The lowest BCUT2D eigenvalue weighted by Gasteiger charge is -2.31. The Balaban J connectivity index is 1.71. The number of amides is 1. The first-order valence-electron chi connectivity index (χ1n) is 9.94. The van der Waals surface area contributed by atoms with Crippen LogP contribution < -0.4 is 0 Å². The molecule has 0 aliphatic carbocycles. The topological polar surface area (TPSA) is 49.3 Å². The third-order valence-corrected chi connectivity index (χ3v) is 5.17. The first-order chi connectivity index (χ1) is 13.1. The molecule has 1 fully saturated rings. The maximum absolute atomic E-state index is 12.8. The van der Waals surface area contributed by atoms with Crippen molar-refractivity contribution in [3.63, 3.8) is 0 Å². The van der Waals surface area contributed by atoms with Crippen molar-refractivity contribution in [2.45, 2.75) is 58.7 Å². The van der Waals surface area contributed by atoms with Gasteiger partial charge in [-0.1, -0.05) is 51.1 Å². The second kappa shape index (κ2) is 9.09. The minimum absolute atomic E-state index is 0.228. The number of carbonyl (C=O) groups is 1. The Bertz CT molecular complexity index is 747. The summed E-state index contributed by atoms with van der Waals surface area (Å²) in [6.07, 6.45) is 3.36. The SMILES string of the molecule is CC[C@H]1CN(Cc2ccnc(C(C)C)n2)CCC(=O)N1Cc1ccccc1. The van der Waals surface area contributed by atoms with Crippen molar-refractivity contribution in [2.24, 2.45) is 0 Å². The number of hydrogen-bond acceptors (Lipinski definition) is 4. The van der Waals surface area contributed by atoms with Crippen LogP contribution in [0, 0.1) is 0 Å². The maximum atomic E-state index is 12.8. The van der Waals surface area contributed by atoms with E-state index in [1.54, 1.807) is 0 Å². The fourth-order valence-corrected chi connectivity index (χ4v) is 3.59. The molecule has 0 bridgehead atoms. The molecule has 3 rings (SSSR count). The number of nitrogens with zero attached hydrogens (tertiary/aromatic N) is 4. The first-order valence-corrected chi connectivity index (χ1v) is 9.94. The Labute approximate surface area is 162 Å². The number of carbonyl (C=O) groups excluding carboxylic acids is 1. The van der Waals surface area contributed by atoms with Crippen LogP contribution in [0.25, 0.3) is 0 Å². The van der Waals surface area contributed by atoms with E-state index in [9.17, 15) is 4.79 Å². The van der Waals surface area contributed by atoms with E-state index < -0.39 is 0 Å². The van der Waals surface area contributed by atoms with E-state index in [2.05, 4.69) is 47.7 Å². The van der Waals surface area contributed by atoms with Crippen LogP contribution in [0.4, 0.5) is 0 Å². The minimum Gasteiger partial charge on any atom is -0.334 e. The summed E-state index contributed by atoms with van der Waals surface area (Å²) in [4.78, 5) is 26.3. The van der Waals surface area contributed by atoms with Gasteiger partial charge in [-0.05, 0) is 18.1 Å². The predicted octanol–water partition coefficient (Wildman–Crippen LogP) is 3.61. The lowest BCUT2D eigenvalue weighted by molar-refractivity contribution is -0.133. The maximum Gasteiger partial charge on any atom is 0.224 e. The van der Waals surface area contributed by atoms with Crippen LogP contribution in [0.2, 0.25) is 0 Å². The fraction of sp³-hybridized carbons (Fsp3) is 0.500. The smallest absolute Gasteiger partial charge is 0.224 e. The Morgan fingerprint density at radius 1 is 1.15 bits per heavy atom. The van der Waals surface area contributed by atoms with E-state index >= 15 is 0 Å². The highest BCUT2D eigenvalue weighted by atomic mass is 16.2. The van der Waals surface area contributed by atoms with Crippen molar-refractivity contribution in [1.29, 1.82) is 0 Å². The van der Waals surface area contributed by atoms with E-state index in [0.717, 1.165) is 37.6 Å². The van der Waals surface area contributed by atoms with Crippen molar-refractivity contribution in [3.05, 3.63) is 59.7 Å². The number of hydrogen-bond donors (Lipinski definition) is 0. The molecule has 1 aliphatic heterocycles. The van der Waals surface area contributed by atoms with E-state index in [1.807, 2.05) is 30.5 Å². The zero-order valence-corrected chi connectivity index (χ0v) is 16.6. The molecule has 5 heteroatoms. The van der Waals surface area contributed by atoms with E-state index in [1.165, 1.54) is 5.56 Å². The summed E-state index contributed by atoms with van der Waals surface area (Å²) >= 11 is 0. The lowest BCUT2D eigenvalue weighted by atomic mass is 10.1. The van der Waals surface area contributed by atoms with Crippen molar-refractivity contribution in [1.82, 2.24) is 19.8 Å². The van der Waals surface area contributed by atoms with Crippen LogP contribution in [-0.4, -0.2) is 44.8 Å². The second-order valence-electron chi connectivity index (χ2n) is 7.62. The molecular weight excluding hydrogens is 336 g/mol. The number of rotatable bonds is 6. The highest BCUT2D eigenvalue weighted by Gasteiger charge is 2.28. The Kier molecular flexibility index (Phi) is 6.56. The van der Waals surface area contributed by atoms with Crippen LogP contribution in [0.3, 0.4) is 0 Å². The Morgan fingerprint density at radius 3 is 2.63 bits per heavy atom. The van der Waals surface area contributed by atoms with Crippen LogP contribution >= 0.6 is 0 Å². The van der Waals surface area contributed by atoms with Crippen LogP contribution in [-0.2, 0) is 17.9 Å². The summed E-state index contributed by atoms with van der Waals surface area (Å²) in [5.41, 5.74) is 2.22. The van der Waals surface area contributed by atoms with Crippen LogP contribution in [0.5, 0.6) is 0 Å². The molecule has 5 nitrogen and oxygen atoms in total. The predicted molar refractivity (Wildman–Crippen MR) is 107 cm³/mol. The molecule has 1 amide bonds. The molecule has 0 N–H and O–H groups in total. The number of aromatic nitrogens is 2. The largest absolute Gasteiger partial charge is 0.334 e. The van der Waals surface area contributed by atoms with Gasteiger partial charge in [-0.3, -0.25) is 9.69 Å². The van der Waals surface area contributed by atoms with Gasteiger partial charge in [0.15, 0.2) is 0 Å². The fourth-order valence-electron chi connectivity index (χ4n) is 3.59. The van der Waals surface area contributed by atoms with Gasteiger partial charge in [-0.2, -0.15) is 0 Å². The van der Waals surface area contributed by atoms with Crippen LogP contribution in [0.1, 0.15) is 56.6 Å². The normalized spacial score (nSPS) is 18.7.